The zero-order valence-corrected chi connectivity index (χ0v) is 17.3. The Balaban J connectivity index is 1.47. The lowest BCUT2D eigenvalue weighted by Gasteiger charge is -2.22. The first kappa shape index (κ1) is 19.6. The van der Waals surface area contributed by atoms with E-state index in [0.717, 1.165) is 64.3 Å². The summed E-state index contributed by atoms with van der Waals surface area (Å²) < 4.78 is 1.10. The highest BCUT2D eigenvalue weighted by Crippen LogP contribution is 2.31. The molecule has 3 N–H and O–H groups in total. The molecular weight excluding hydrogens is 382 g/mol. The van der Waals surface area contributed by atoms with Crippen molar-refractivity contribution in [1.82, 2.24) is 10.6 Å². The Morgan fingerprint density at radius 3 is 2.48 bits per heavy atom. The molecule has 1 aliphatic rings. The molecule has 0 bridgehead atoms. The second-order valence-corrected chi connectivity index (χ2v) is 8.61. The average Bonchev–Trinajstić information content (AvgIpc) is 3.16. The van der Waals surface area contributed by atoms with E-state index in [-0.39, 0.29) is 11.8 Å². The second kappa shape index (κ2) is 8.76. The lowest BCUT2D eigenvalue weighted by molar-refractivity contribution is -0.114. The Labute approximate surface area is 174 Å². The quantitative estimate of drug-likeness (QED) is 0.592. The van der Waals surface area contributed by atoms with E-state index in [4.69, 9.17) is 0 Å². The Bertz CT molecular complexity index is 1020. The van der Waals surface area contributed by atoms with E-state index in [1.165, 1.54) is 18.3 Å². The van der Waals surface area contributed by atoms with Crippen molar-refractivity contribution in [1.29, 1.82) is 0 Å². The molecular formula is C23H25N3O2S. The van der Waals surface area contributed by atoms with Crippen molar-refractivity contribution in [3.8, 4) is 11.1 Å². The van der Waals surface area contributed by atoms with Crippen LogP contribution in [0.5, 0.6) is 0 Å². The molecule has 0 radical (unpaired) electrons. The van der Waals surface area contributed by atoms with Crippen molar-refractivity contribution in [2.24, 2.45) is 5.92 Å². The maximum Gasteiger partial charge on any atom is 0.261 e. The molecule has 1 saturated heterocycles. The summed E-state index contributed by atoms with van der Waals surface area (Å²) in [6, 6.07) is 16.0. The molecule has 1 aromatic heterocycles. The first-order chi connectivity index (χ1) is 14.1. The Kier molecular flexibility index (Phi) is 5.92. The van der Waals surface area contributed by atoms with Crippen molar-refractivity contribution in [2.45, 2.75) is 19.8 Å². The molecule has 6 heteroatoms. The third kappa shape index (κ3) is 4.83. The number of hydrogen-bond donors (Lipinski definition) is 3. The Morgan fingerprint density at radius 1 is 1.03 bits per heavy atom. The van der Waals surface area contributed by atoms with Gasteiger partial charge in [0.05, 0.1) is 4.88 Å². The normalized spacial score (nSPS) is 14.7. The number of nitrogens with one attached hydrogen (secondary N) is 3. The van der Waals surface area contributed by atoms with Crippen LogP contribution >= 0.6 is 11.3 Å². The number of anilines is 1. The summed E-state index contributed by atoms with van der Waals surface area (Å²) in [5.74, 6) is 0.510. The maximum atomic E-state index is 12.6. The molecule has 2 amide bonds. The Morgan fingerprint density at radius 2 is 1.76 bits per heavy atom. The first-order valence-electron chi connectivity index (χ1n) is 9.99. The lowest BCUT2D eigenvalue weighted by Crippen LogP contribution is -2.35. The van der Waals surface area contributed by atoms with Gasteiger partial charge in [-0.1, -0.05) is 24.3 Å². The molecule has 0 unspecified atom stereocenters. The third-order valence-electron chi connectivity index (χ3n) is 5.29. The molecule has 0 atom stereocenters. The largest absolute Gasteiger partial charge is 0.351 e. The van der Waals surface area contributed by atoms with Gasteiger partial charge in [-0.05, 0) is 72.6 Å². The molecule has 0 aliphatic carbocycles. The fraction of sp³-hybridized carbons (Fsp3) is 0.304. The maximum absolute atomic E-state index is 12.6. The van der Waals surface area contributed by atoms with Crippen LogP contribution in [0.15, 0.2) is 48.5 Å². The summed E-state index contributed by atoms with van der Waals surface area (Å²) in [6.45, 7) is 4.33. The molecule has 2 aromatic carbocycles. The lowest BCUT2D eigenvalue weighted by atomic mass is 9.98. The van der Waals surface area contributed by atoms with Crippen molar-refractivity contribution >= 4 is 38.9 Å². The molecule has 29 heavy (non-hydrogen) atoms. The number of hydrogen-bond acceptors (Lipinski definition) is 4. The SMILES string of the molecule is CC(=O)Nc1ccc(-c2ccc3cc(C(=O)NCC4CCNCC4)sc3c2)cc1. The second-order valence-electron chi connectivity index (χ2n) is 7.53. The standard InChI is InChI=1S/C23H25N3O2S/c1-15(27)26-20-6-4-17(5-7-20)18-2-3-19-13-22(29-21(19)12-18)23(28)25-14-16-8-10-24-11-9-16/h2-7,12-13,16,24H,8-11,14H2,1H3,(H,25,28)(H,26,27). The van der Waals surface area contributed by atoms with Gasteiger partial charge in [0.25, 0.3) is 5.91 Å². The smallest absolute Gasteiger partial charge is 0.261 e. The van der Waals surface area contributed by atoms with Gasteiger partial charge in [0.2, 0.25) is 5.91 Å². The molecule has 1 aliphatic heterocycles. The van der Waals surface area contributed by atoms with Crippen molar-refractivity contribution in [3.05, 3.63) is 53.4 Å². The minimum atomic E-state index is -0.0799. The minimum Gasteiger partial charge on any atom is -0.351 e. The summed E-state index contributed by atoms with van der Waals surface area (Å²) in [5.41, 5.74) is 2.95. The van der Waals surface area contributed by atoms with Gasteiger partial charge in [0.15, 0.2) is 0 Å². The number of rotatable bonds is 5. The van der Waals surface area contributed by atoms with Gasteiger partial charge in [0, 0.05) is 23.9 Å². The fourth-order valence-electron chi connectivity index (χ4n) is 3.68. The third-order valence-corrected chi connectivity index (χ3v) is 6.39. The highest BCUT2D eigenvalue weighted by molar-refractivity contribution is 7.20. The molecule has 0 spiro atoms. The van der Waals surface area contributed by atoms with Crippen LogP contribution in [0.3, 0.4) is 0 Å². The van der Waals surface area contributed by atoms with Crippen molar-refractivity contribution in [3.63, 3.8) is 0 Å². The Hall–Kier alpha value is -2.70. The van der Waals surface area contributed by atoms with Crippen LogP contribution in [0, 0.1) is 5.92 Å². The number of piperidine rings is 1. The van der Waals surface area contributed by atoms with Crippen LogP contribution in [0.25, 0.3) is 21.2 Å². The van der Waals surface area contributed by atoms with Gasteiger partial charge in [-0.3, -0.25) is 9.59 Å². The zero-order valence-electron chi connectivity index (χ0n) is 16.5. The molecule has 4 rings (SSSR count). The number of benzene rings is 2. The van der Waals surface area contributed by atoms with Crippen LogP contribution < -0.4 is 16.0 Å². The topological polar surface area (TPSA) is 70.2 Å². The van der Waals surface area contributed by atoms with E-state index in [0.29, 0.717) is 5.92 Å². The molecule has 3 aromatic rings. The van der Waals surface area contributed by atoms with Crippen LogP contribution in [0.4, 0.5) is 5.69 Å². The first-order valence-corrected chi connectivity index (χ1v) is 10.8. The molecule has 5 nitrogen and oxygen atoms in total. The molecule has 150 valence electrons. The molecule has 2 heterocycles. The summed E-state index contributed by atoms with van der Waals surface area (Å²) in [4.78, 5) is 24.5. The van der Waals surface area contributed by atoms with Crippen LogP contribution in [0.1, 0.15) is 29.4 Å². The zero-order chi connectivity index (χ0) is 20.2. The van der Waals surface area contributed by atoms with E-state index < -0.39 is 0 Å². The van der Waals surface area contributed by atoms with Gasteiger partial charge >= 0.3 is 0 Å². The van der Waals surface area contributed by atoms with E-state index >= 15 is 0 Å². The molecule has 1 fully saturated rings. The van der Waals surface area contributed by atoms with E-state index in [1.54, 1.807) is 0 Å². The van der Waals surface area contributed by atoms with E-state index in [9.17, 15) is 9.59 Å². The monoisotopic (exact) mass is 407 g/mol. The van der Waals surface area contributed by atoms with Gasteiger partial charge in [0.1, 0.15) is 0 Å². The van der Waals surface area contributed by atoms with Crippen LogP contribution in [-0.4, -0.2) is 31.4 Å². The van der Waals surface area contributed by atoms with Crippen molar-refractivity contribution in [2.75, 3.05) is 25.0 Å². The average molecular weight is 408 g/mol. The van der Waals surface area contributed by atoms with Gasteiger partial charge < -0.3 is 16.0 Å². The van der Waals surface area contributed by atoms with Crippen LogP contribution in [-0.2, 0) is 4.79 Å². The summed E-state index contributed by atoms with van der Waals surface area (Å²) in [5, 5.41) is 10.3. The number of thiophene rings is 1. The predicted molar refractivity (Wildman–Crippen MR) is 119 cm³/mol. The minimum absolute atomic E-state index is 0.0194. The number of amides is 2. The van der Waals surface area contributed by atoms with Crippen LogP contribution in [0.2, 0.25) is 0 Å². The summed E-state index contributed by atoms with van der Waals surface area (Å²) in [6.07, 6.45) is 2.24. The van der Waals surface area contributed by atoms with Gasteiger partial charge in [-0.15, -0.1) is 11.3 Å². The van der Waals surface area contributed by atoms with E-state index in [2.05, 4.69) is 34.1 Å². The number of fused-ring (bicyclic) bond motifs is 1. The fourth-order valence-corrected chi connectivity index (χ4v) is 4.70. The van der Waals surface area contributed by atoms with Crippen molar-refractivity contribution < 1.29 is 9.59 Å². The van der Waals surface area contributed by atoms with Gasteiger partial charge in [-0.25, -0.2) is 0 Å². The summed E-state index contributed by atoms with van der Waals surface area (Å²) >= 11 is 1.53. The molecule has 0 saturated carbocycles. The highest BCUT2D eigenvalue weighted by Gasteiger charge is 2.16. The van der Waals surface area contributed by atoms with E-state index in [1.807, 2.05) is 30.3 Å². The highest BCUT2D eigenvalue weighted by atomic mass is 32.1. The van der Waals surface area contributed by atoms with Gasteiger partial charge in [-0.2, -0.15) is 0 Å². The number of carbonyl (C=O) groups is 2. The number of carbonyl (C=O) groups excluding carboxylic acids is 2. The summed E-state index contributed by atoms with van der Waals surface area (Å²) in [7, 11) is 0. The predicted octanol–water partition coefficient (Wildman–Crippen LogP) is 4.26.